The minimum Gasteiger partial charge on any atom is -0.508 e. The van der Waals surface area contributed by atoms with E-state index >= 15 is 0 Å². The first-order valence-corrected chi connectivity index (χ1v) is 9.14. The van der Waals surface area contributed by atoms with E-state index in [1.54, 1.807) is 0 Å². The van der Waals surface area contributed by atoms with E-state index in [0.29, 0.717) is 4.47 Å². The molecular formula is C16H15BBrFN2O9. The lowest BCUT2D eigenvalue weighted by atomic mass is 9.82. The number of carbonyl (C=O) groups is 5. The maximum Gasteiger partial charge on any atom is 0.548 e. The van der Waals surface area contributed by atoms with Crippen LogP contribution in [-0.2, 0) is 28.5 Å². The van der Waals surface area contributed by atoms with E-state index in [-0.39, 0.29) is 5.56 Å². The molecule has 0 saturated carbocycles. The molecule has 1 atom stereocenters. The molecule has 2 rings (SSSR count). The summed E-state index contributed by atoms with van der Waals surface area (Å²) in [6.07, 6.45) is -2.30. The number of carbonyl (C=O) groups excluding carboxylic acids is 3. The molecule has 1 fully saturated rings. The van der Waals surface area contributed by atoms with Crippen LogP contribution in [0, 0.1) is 5.82 Å². The van der Waals surface area contributed by atoms with Gasteiger partial charge in [0.05, 0.1) is 31.4 Å². The van der Waals surface area contributed by atoms with Crippen molar-refractivity contribution in [3.63, 3.8) is 0 Å². The number of halogens is 2. The second-order valence-electron chi connectivity index (χ2n) is 6.19. The lowest BCUT2D eigenvalue weighted by Crippen LogP contribution is -2.57. The minimum atomic E-state index is -2.33. The molecule has 0 aromatic heterocycles. The summed E-state index contributed by atoms with van der Waals surface area (Å²) >= 11 is 3.09. The van der Waals surface area contributed by atoms with Crippen LogP contribution < -0.4 is 10.6 Å². The molecule has 1 heterocycles. The van der Waals surface area contributed by atoms with Crippen molar-refractivity contribution in [2.24, 2.45) is 0 Å². The van der Waals surface area contributed by atoms with Gasteiger partial charge in [-0.15, -0.1) is 0 Å². The monoisotopic (exact) mass is 488 g/mol. The van der Waals surface area contributed by atoms with Crippen molar-refractivity contribution >= 4 is 52.8 Å². The predicted molar refractivity (Wildman–Crippen MR) is 99.6 cm³/mol. The second kappa shape index (κ2) is 9.67. The number of amides is 2. The van der Waals surface area contributed by atoms with Gasteiger partial charge in [0.25, 0.3) is 11.9 Å². The fourth-order valence-electron chi connectivity index (χ4n) is 2.56. The van der Waals surface area contributed by atoms with E-state index in [0.717, 1.165) is 6.07 Å². The Morgan fingerprint density at radius 2 is 1.93 bits per heavy atom. The van der Waals surface area contributed by atoms with Crippen LogP contribution in [0.3, 0.4) is 0 Å². The highest BCUT2D eigenvalue weighted by atomic mass is 79.9. The molecule has 2 amide bonds. The van der Waals surface area contributed by atoms with Crippen LogP contribution in [0.1, 0.15) is 23.2 Å². The van der Waals surface area contributed by atoms with Crippen molar-refractivity contribution in [3.8, 4) is 0 Å². The maximum absolute atomic E-state index is 13.7. The summed E-state index contributed by atoms with van der Waals surface area (Å²) < 4.78 is 24.0. The van der Waals surface area contributed by atoms with Crippen LogP contribution in [0.4, 0.5) is 4.39 Å². The molecule has 0 spiro atoms. The van der Waals surface area contributed by atoms with Gasteiger partial charge in [-0.05, 0) is 18.2 Å². The molecule has 4 N–H and O–H groups in total. The van der Waals surface area contributed by atoms with Crippen LogP contribution in [0.2, 0.25) is 0 Å². The zero-order valence-corrected chi connectivity index (χ0v) is 16.7. The normalized spacial score (nSPS) is 18.3. The van der Waals surface area contributed by atoms with Gasteiger partial charge in [-0.3, -0.25) is 19.2 Å². The summed E-state index contributed by atoms with van der Waals surface area (Å²) in [6.45, 7) is -0.565. The standard InChI is InChI=1S/C16H15BBrFN2O9/c18-8-1-2-10(19)9(3-8)14(26)20-6-11(22)21-7-17-29-13(25)5-16(30-17,15(27)28)4-12(23)24/h1-3H,4-7H2,(H,20,26)(H,21,22)(H,23,24)(H,27,28). The Hall–Kier alpha value is -3.00. The zero-order chi connectivity index (χ0) is 22.5. The van der Waals surface area contributed by atoms with Gasteiger partial charge in [-0.25, -0.2) is 9.18 Å². The Kier molecular flexibility index (Phi) is 7.51. The van der Waals surface area contributed by atoms with Crippen molar-refractivity contribution in [3.05, 3.63) is 34.1 Å². The average molecular weight is 489 g/mol. The summed E-state index contributed by atoms with van der Waals surface area (Å²) in [5.74, 6) is -6.60. The number of carboxylic acid groups (broad SMARTS) is 2. The molecule has 1 aromatic carbocycles. The van der Waals surface area contributed by atoms with Gasteiger partial charge >= 0.3 is 19.1 Å². The van der Waals surface area contributed by atoms with Crippen molar-refractivity contribution in [1.82, 2.24) is 10.6 Å². The lowest BCUT2D eigenvalue weighted by molar-refractivity contribution is -0.174. The van der Waals surface area contributed by atoms with Gasteiger partial charge in [0.1, 0.15) is 5.82 Å². The van der Waals surface area contributed by atoms with Crippen molar-refractivity contribution in [2.75, 3.05) is 13.0 Å². The Bertz CT molecular complexity index is 895. The highest BCUT2D eigenvalue weighted by Gasteiger charge is 2.52. The summed E-state index contributed by atoms with van der Waals surface area (Å²) in [7, 11) is -1.55. The fraction of sp³-hybridized carbons (Fsp3) is 0.312. The van der Waals surface area contributed by atoms with Crippen molar-refractivity contribution < 1.29 is 47.9 Å². The molecule has 1 aliphatic rings. The maximum atomic E-state index is 13.7. The molecule has 11 nitrogen and oxygen atoms in total. The van der Waals surface area contributed by atoms with Crippen LogP contribution in [-0.4, -0.2) is 65.6 Å². The van der Waals surface area contributed by atoms with Gasteiger partial charge in [0, 0.05) is 4.47 Å². The molecule has 1 saturated heterocycles. The third kappa shape index (κ3) is 6.00. The van der Waals surface area contributed by atoms with E-state index in [9.17, 15) is 33.5 Å². The SMILES string of the molecule is O=C(O)CC1(C(=O)O)CC(=O)OB(CNC(=O)CNC(=O)c2cc(Br)ccc2F)O1. The Morgan fingerprint density at radius 3 is 2.57 bits per heavy atom. The largest absolute Gasteiger partial charge is 0.548 e. The summed E-state index contributed by atoms with van der Waals surface area (Å²) in [5, 5.41) is 22.6. The number of hydrogen-bond acceptors (Lipinski definition) is 7. The van der Waals surface area contributed by atoms with Crippen molar-refractivity contribution in [2.45, 2.75) is 18.4 Å². The van der Waals surface area contributed by atoms with Gasteiger partial charge in [-0.2, -0.15) is 0 Å². The third-order valence-corrected chi connectivity index (χ3v) is 4.42. The highest BCUT2D eigenvalue weighted by molar-refractivity contribution is 9.10. The fourth-order valence-corrected chi connectivity index (χ4v) is 2.92. The number of carboxylic acids is 2. The molecule has 1 aromatic rings. The summed E-state index contributed by atoms with van der Waals surface area (Å²) in [6, 6.07) is 3.69. The van der Waals surface area contributed by atoms with E-state index < -0.39 is 74.1 Å². The predicted octanol–water partition coefficient (Wildman–Crippen LogP) is -0.277. The molecule has 14 heteroatoms. The van der Waals surface area contributed by atoms with E-state index in [4.69, 9.17) is 14.4 Å². The third-order valence-electron chi connectivity index (χ3n) is 3.92. The van der Waals surface area contributed by atoms with Crippen molar-refractivity contribution in [1.29, 1.82) is 0 Å². The van der Waals surface area contributed by atoms with Crippen LogP contribution in [0.25, 0.3) is 0 Å². The van der Waals surface area contributed by atoms with Crippen LogP contribution in [0.5, 0.6) is 0 Å². The molecule has 0 aliphatic carbocycles. The Balaban J connectivity index is 1.91. The van der Waals surface area contributed by atoms with E-state index in [1.165, 1.54) is 12.1 Å². The zero-order valence-electron chi connectivity index (χ0n) is 15.1. The second-order valence-corrected chi connectivity index (χ2v) is 7.11. The molecule has 0 radical (unpaired) electrons. The van der Waals surface area contributed by atoms with Gasteiger partial charge in [0.2, 0.25) is 5.91 Å². The molecular weight excluding hydrogens is 474 g/mol. The number of benzene rings is 1. The number of hydrogen-bond donors (Lipinski definition) is 4. The molecule has 30 heavy (non-hydrogen) atoms. The van der Waals surface area contributed by atoms with Gasteiger partial charge in [-0.1, -0.05) is 15.9 Å². The Morgan fingerprint density at radius 1 is 1.23 bits per heavy atom. The van der Waals surface area contributed by atoms with E-state index in [2.05, 4.69) is 26.6 Å². The van der Waals surface area contributed by atoms with Gasteiger partial charge < -0.3 is 30.2 Å². The molecule has 160 valence electrons. The molecule has 0 bridgehead atoms. The lowest BCUT2D eigenvalue weighted by Gasteiger charge is -2.34. The minimum absolute atomic E-state index is 0.290. The quantitative estimate of drug-likeness (QED) is 0.359. The smallest absolute Gasteiger partial charge is 0.508 e. The van der Waals surface area contributed by atoms with Crippen LogP contribution >= 0.6 is 15.9 Å². The molecule has 1 aliphatic heterocycles. The number of aliphatic carboxylic acids is 2. The van der Waals surface area contributed by atoms with Gasteiger partial charge in [0.15, 0.2) is 5.60 Å². The highest BCUT2D eigenvalue weighted by Crippen LogP contribution is 2.27. The van der Waals surface area contributed by atoms with Crippen LogP contribution in [0.15, 0.2) is 22.7 Å². The average Bonchev–Trinajstić information content (AvgIpc) is 2.65. The van der Waals surface area contributed by atoms with E-state index in [1.807, 2.05) is 0 Å². The summed E-state index contributed by atoms with van der Waals surface area (Å²) in [4.78, 5) is 57.9. The topological polar surface area (TPSA) is 168 Å². The number of nitrogens with one attached hydrogen (secondary N) is 2. The summed E-state index contributed by atoms with van der Waals surface area (Å²) in [5.41, 5.74) is -2.62. The number of rotatable bonds is 8. The first-order chi connectivity index (χ1) is 14.0. The molecule has 1 unspecified atom stereocenters. The Labute approximate surface area is 177 Å². The first kappa shape index (κ1) is 23.3. The first-order valence-electron chi connectivity index (χ1n) is 8.35.